The van der Waals surface area contributed by atoms with E-state index in [-0.39, 0.29) is 4.90 Å². The third-order valence-corrected chi connectivity index (χ3v) is 8.70. The third-order valence-electron chi connectivity index (χ3n) is 5.75. The molecular weight excluding hydrogens is 402 g/mol. The van der Waals surface area contributed by atoms with Crippen molar-refractivity contribution >= 4 is 27.7 Å². The average molecular weight is 428 g/mol. The molecule has 1 spiro atoms. The Balaban J connectivity index is 1.74. The second-order valence-corrected chi connectivity index (χ2v) is 10.9. The molecule has 1 saturated carbocycles. The minimum absolute atomic E-state index is 0.189. The molecule has 2 aromatic rings. The van der Waals surface area contributed by atoms with E-state index in [1.165, 1.54) is 10.4 Å². The zero-order valence-corrected chi connectivity index (χ0v) is 18.1. The molecule has 2 aliphatic rings. The molecule has 152 valence electrons. The molecule has 0 N–H and O–H groups in total. The molecule has 0 radical (unpaired) electrons. The van der Waals surface area contributed by atoms with E-state index < -0.39 is 21.5 Å². The monoisotopic (exact) mass is 427 g/mol. The number of hydrogen-bond donors (Lipinski definition) is 0. The molecule has 1 aliphatic carbocycles. The maximum absolute atomic E-state index is 13.5. The van der Waals surface area contributed by atoms with Gasteiger partial charge >= 0.3 is 0 Å². The summed E-state index contributed by atoms with van der Waals surface area (Å²) in [5.74, 6) is -0.419. The summed E-state index contributed by atoms with van der Waals surface area (Å²) in [6, 6.07) is 16.7. The highest BCUT2D eigenvalue weighted by Gasteiger charge is 2.49. The molecule has 4 nitrogen and oxygen atoms in total. The Morgan fingerprint density at radius 1 is 0.931 bits per heavy atom. The second kappa shape index (κ2) is 8.00. The van der Waals surface area contributed by atoms with Crippen molar-refractivity contribution in [3.8, 4) is 0 Å². The SMILES string of the molecule is Cc1ccc(S(=O)(=O)N2C(=O)C=C(Sc3ccccc3)CC23CCCCC3)cc1. The van der Waals surface area contributed by atoms with Crippen LogP contribution in [0.4, 0.5) is 0 Å². The van der Waals surface area contributed by atoms with Crippen LogP contribution >= 0.6 is 11.8 Å². The number of hydrogen-bond acceptors (Lipinski definition) is 4. The van der Waals surface area contributed by atoms with E-state index in [1.807, 2.05) is 37.3 Å². The standard InChI is InChI=1S/C23H25NO3S2/c1-18-10-12-21(13-11-18)29(26,27)24-22(25)16-20(28-19-8-4-2-5-9-19)17-23(24)14-6-3-7-15-23/h2,4-5,8-13,16H,3,6-7,14-15,17H2,1H3. The topological polar surface area (TPSA) is 54.5 Å². The number of sulfonamides is 1. The van der Waals surface area contributed by atoms with Crippen LogP contribution in [0.25, 0.3) is 0 Å². The number of rotatable bonds is 4. The first-order valence-electron chi connectivity index (χ1n) is 10.0. The van der Waals surface area contributed by atoms with Crippen LogP contribution in [0.15, 0.2) is 75.4 Å². The van der Waals surface area contributed by atoms with E-state index >= 15 is 0 Å². The molecule has 1 aliphatic heterocycles. The first kappa shape index (κ1) is 20.2. The average Bonchev–Trinajstić information content (AvgIpc) is 2.69. The first-order valence-corrected chi connectivity index (χ1v) is 12.3. The van der Waals surface area contributed by atoms with Crippen molar-refractivity contribution in [2.45, 2.75) is 60.8 Å². The van der Waals surface area contributed by atoms with Crippen LogP contribution in [0.3, 0.4) is 0 Å². The predicted molar refractivity (Wildman–Crippen MR) is 116 cm³/mol. The smallest absolute Gasteiger partial charge is 0.267 e. The van der Waals surface area contributed by atoms with Gasteiger partial charge in [0.15, 0.2) is 0 Å². The van der Waals surface area contributed by atoms with Crippen LogP contribution in [-0.4, -0.2) is 24.2 Å². The summed E-state index contributed by atoms with van der Waals surface area (Å²) in [5.41, 5.74) is 0.327. The summed E-state index contributed by atoms with van der Waals surface area (Å²) in [5, 5.41) is 0. The van der Waals surface area contributed by atoms with Crippen LogP contribution in [-0.2, 0) is 14.8 Å². The minimum Gasteiger partial charge on any atom is -0.269 e. The van der Waals surface area contributed by atoms with Crippen molar-refractivity contribution in [2.24, 2.45) is 0 Å². The molecule has 0 atom stereocenters. The van der Waals surface area contributed by atoms with Crippen molar-refractivity contribution < 1.29 is 13.2 Å². The van der Waals surface area contributed by atoms with Gasteiger partial charge in [0.25, 0.3) is 15.9 Å². The Hall–Kier alpha value is -2.05. The molecular formula is C23H25NO3S2. The summed E-state index contributed by atoms with van der Waals surface area (Å²) in [6.45, 7) is 1.92. The fraction of sp³-hybridized carbons (Fsp3) is 0.348. The Labute approximate surface area is 177 Å². The molecule has 6 heteroatoms. The minimum atomic E-state index is -3.90. The van der Waals surface area contributed by atoms with Crippen molar-refractivity contribution in [1.29, 1.82) is 0 Å². The van der Waals surface area contributed by atoms with Crippen LogP contribution in [0, 0.1) is 6.92 Å². The number of carbonyl (C=O) groups is 1. The number of benzene rings is 2. The Morgan fingerprint density at radius 3 is 2.24 bits per heavy atom. The summed E-state index contributed by atoms with van der Waals surface area (Å²) < 4.78 is 28.2. The third kappa shape index (κ3) is 4.01. The Kier molecular flexibility index (Phi) is 5.58. The van der Waals surface area contributed by atoms with E-state index in [2.05, 4.69) is 0 Å². The van der Waals surface area contributed by atoms with Crippen molar-refractivity contribution in [2.75, 3.05) is 0 Å². The maximum atomic E-state index is 13.5. The van der Waals surface area contributed by atoms with E-state index in [0.717, 1.165) is 47.5 Å². The number of amides is 1. The van der Waals surface area contributed by atoms with Gasteiger partial charge in [-0.05, 0) is 48.9 Å². The summed E-state index contributed by atoms with van der Waals surface area (Å²) in [7, 11) is -3.90. The van der Waals surface area contributed by atoms with Crippen LogP contribution in [0.1, 0.15) is 44.1 Å². The Bertz CT molecular complexity index is 1020. The lowest BCUT2D eigenvalue weighted by molar-refractivity contribution is -0.127. The highest BCUT2D eigenvalue weighted by molar-refractivity contribution is 8.03. The lowest BCUT2D eigenvalue weighted by Gasteiger charge is -2.47. The van der Waals surface area contributed by atoms with Gasteiger partial charge in [-0.2, -0.15) is 0 Å². The van der Waals surface area contributed by atoms with Crippen molar-refractivity contribution in [1.82, 2.24) is 4.31 Å². The van der Waals surface area contributed by atoms with Gasteiger partial charge < -0.3 is 0 Å². The highest BCUT2D eigenvalue weighted by atomic mass is 32.2. The zero-order valence-electron chi connectivity index (χ0n) is 16.5. The van der Waals surface area contributed by atoms with E-state index in [4.69, 9.17) is 0 Å². The largest absolute Gasteiger partial charge is 0.269 e. The predicted octanol–water partition coefficient (Wildman–Crippen LogP) is 5.30. The fourth-order valence-electron chi connectivity index (χ4n) is 4.36. The lowest BCUT2D eigenvalue weighted by Crippen LogP contribution is -2.57. The molecule has 2 aromatic carbocycles. The van der Waals surface area contributed by atoms with Gasteiger partial charge in [0, 0.05) is 17.4 Å². The van der Waals surface area contributed by atoms with Gasteiger partial charge in [-0.15, -0.1) is 0 Å². The first-order chi connectivity index (χ1) is 13.9. The molecule has 0 saturated heterocycles. The molecule has 0 unspecified atom stereocenters. The van der Waals surface area contributed by atoms with E-state index in [9.17, 15) is 13.2 Å². The molecule has 1 amide bonds. The van der Waals surface area contributed by atoms with Crippen LogP contribution < -0.4 is 0 Å². The molecule has 0 bridgehead atoms. The van der Waals surface area contributed by atoms with Gasteiger partial charge in [0.05, 0.1) is 10.4 Å². The van der Waals surface area contributed by atoms with Crippen molar-refractivity contribution in [3.05, 3.63) is 71.1 Å². The second-order valence-electron chi connectivity index (χ2n) is 7.91. The number of thioether (sulfide) groups is 1. The summed E-state index contributed by atoms with van der Waals surface area (Å²) in [6.07, 6.45) is 6.51. The zero-order chi connectivity index (χ0) is 20.5. The molecule has 0 aromatic heterocycles. The van der Waals surface area contributed by atoms with Gasteiger partial charge in [-0.1, -0.05) is 66.9 Å². The molecule has 4 rings (SSSR count). The highest BCUT2D eigenvalue weighted by Crippen LogP contribution is 2.47. The van der Waals surface area contributed by atoms with Gasteiger partial charge in [-0.3, -0.25) is 4.79 Å². The molecule has 29 heavy (non-hydrogen) atoms. The Morgan fingerprint density at radius 2 is 1.59 bits per heavy atom. The number of carbonyl (C=O) groups excluding carboxylic acids is 1. The van der Waals surface area contributed by atoms with Crippen molar-refractivity contribution in [3.63, 3.8) is 0 Å². The van der Waals surface area contributed by atoms with Gasteiger partial charge in [-0.25, -0.2) is 12.7 Å². The van der Waals surface area contributed by atoms with Gasteiger partial charge in [0.1, 0.15) is 0 Å². The molecule has 1 fully saturated rings. The van der Waals surface area contributed by atoms with Crippen LogP contribution in [0.5, 0.6) is 0 Å². The fourth-order valence-corrected chi connectivity index (χ4v) is 7.20. The number of aryl methyl sites for hydroxylation is 1. The maximum Gasteiger partial charge on any atom is 0.267 e. The summed E-state index contributed by atoms with van der Waals surface area (Å²) >= 11 is 1.57. The normalized spacial score (nSPS) is 19.3. The van der Waals surface area contributed by atoms with Crippen LogP contribution in [0.2, 0.25) is 0 Å². The summed E-state index contributed by atoms with van der Waals surface area (Å²) in [4.78, 5) is 15.4. The van der Waals surface area contributed by atoms with E-state index in [1.54, 1.807) is 36.0 Å². The molecule has 1 heterocycles. The number of nitrogens with zero attached hydrogens (tertiary/aromatic N) is 1. The van der Waals surface area contributed by atoms with Gasteiger partial charge in [0.2, 0.25) is 0 Å². The van der Waals surface area contributed by atoms with E-state index in [0.29, 0.717) is 6.42 Å². The lowest BCUT2D eigenvalue weighted by atomic mass is 9.78. The quantitative estimate of drug-likeness (QED) is 0.665.